The Morgan fingerprint density at radius 2 is 2.06 bits per heavy atom. The van der Waals surface area contributed by atoms with Crippen LogP contribution in [0.25, 0.3) is 0 Å². The maximum absolute atomic E-state index is 4.18. The Hall–Kier alpha value is -0.890. The zero-order valence-corrected chi connectivity index (χ0v) is 11.8. The van der Waals surface area contributed by atoms with Gasteiger partial charge >= 0.3 is 0 Å². The molecular formula is C16H26N2. The Morgan fingerprint density at radius 3 is 2.78 bits per heavy atom. The number of rotatable bonds is 5. The molecule has 1 heterocycles. The van der Waals surface area contributed by atoms with Gasteiger partial charge in [0.1, 0.15) is 0 Å². The van der Waals surface area contributed by atoms with Gasteiger partial charge in [0.2, 0.25) is 0 Å². The molecule has 1 aromatic rings. The molecule has 0 saturated heterocycles. The highest BCUT2D eigenvalue weighted by Gasteiger charge is 2.17. The first-order valence-corrected chi connectivity index (χ1v) is 7.36. The van der Waals surface area contributed by atoms with E-state index < -0.39 is 0 Å². The molecule has 0 aromatic carbocycles. The molecule has 0 spiro atoms. The molecule has 0 aliphatic heterocycles. The fourth-order valence-electron chi connectivity index (χ4n) is 2.83. The Kier molecular flexibility index (Phi) is 5.18. The van der Waals surface area contributed by atoms with E-state index in [0.29, 0.717) is 0 Å². The van der Waals surface area contributed by atoms with Crippen molar-refractivity contribution in [3.05, 3.63) is 29.6 Å². The van der Waals surface area contributed by atoms with Crippen molar-refractivity contribution in [1.29, 1.82) is 0 Å². The molecule has 100 valence electrons. The summed E-state index contributed by atoms with van der Waals surface area (Å²) in [6, 6.07) is 2.08. The maximum Gasteiger partial charge on any atom is 0.0315 e. The monoisotopic (exact) mass is 246 g/mol. The first kappa shape index (κ1) is 13.5. The van der Waals surface area contributed by atoms with E-state index >= 15 is 0 Å². The molecule has 0 unspecified atom stereocenters. The van der Waals surface area contributed by atoms with Crippen LogP contribution in [0.15, 0.2) is 18.5 Å². The first-order chi connectivity index (χ1) is 8.75. The van der Waals surface area contributed by atoms with Gasteiger partial charge in [0, 0.05) is 18.9 Å². The van der Waals surface area contributed by atoms with Crippen molar-refractivity contribution in [2.75, 3.05) is 6.54 Å². The van der Waals surface area contributed by atoms with Crippen LogP contribution in [-0.2, 0) is 6.54 Å². The number of hydrogen-bond acceptors (Lipinski definition) is 2. The van der Waals surface area contributed by atoms with Crippen molar-refractivity contribution < 1.29 is 0 Å². The highest BCUT2D eigenvalue weighted by atomic mass is 14.8. The van der Waals surface area contributed by atoms with Crippen molar-refractivity contribution in [2.24, 2.45) is 11.8 Å². The van der Waals surface area contributed by atoms with Crippen LogP contribution in [0.4, 0.5) is 0 Å². The van der Waals surface area contributed by atoms with Gasteiger partial charge in [-0.05, 0) is 48.9 Å². The average Bonchev–Trinajstić information content (AvgIpc) is 2.39. The minimum absolute atomic E-state index is 0.961. The Morgan fingerprint density at radius 1 is 1.28 bits per heavy atom. The quantitative estimate of drug-likeness (QED) is 0.801. The largest absolute Gasteiger partial charge is 0.313 e. The lowest BCUT2D eigenvalue weighted by Crippen LogP contribution is -2.21. The van der Waals surface area contributed by atoms with Gasteiger partial charge in [-0.2, -0.15) is 0 Å². The molecule has 2 heteroatoms. The van der Waals surface area contributed by atoms with Crippen molar-refractivity contribution in [1.82, 2.24) is 10.3 Å². The van der Waals surface area contributed by atoms with Crippen LogP contribution in [0, 0.1) is 18.8 Å². The number of nitrogens with zero attached hydrogens (tertiary/aromatic N) is 1. The third kappa shape index (κ3) is 4.09. The van der Waals surface area contributed by atoms with Crippen molar-refractivity contribution in [3.8, 4) is 0 Å². The molecule has 1 aliphatic rings. The standard InChI is InChI=1S/C16H26N2/c1-13-3-5-15(6-4-13)8-10-18-12-16-11-17-9-7-14(16)2/h7,9,11,13,15,18H,3-6,8,10,12H2,1-2H3. The summed E-state index contributed by atoms with van der Waals surface area (Å²) in [5, 5.41) is 3.56. The topological polar surface area (TPSA) is 24.9 Å². The fourth-order valence-corrected chi connectivity index (χ4v) is 2.83. The zero-order chi connectivity index (χ0) is 12.8. The van der Waals surface area contributed by atoms with Crippen LogP contribution in [-0.4, -0.2) is 11.5 Å². The van der Waals surface area contributed by atoms with Gasteiger partial charge in [-0.1, -0.05) is 32.6 Å². The molecule has 1 saturated carbocycles. The lowest BCUT2D eigenvalue weighted by molar-refractivity contribution is 0.275. The smallest absolute Gasteiger partial charge is 0.0315 e. The molecular weight excluding hydrogens is 220 g/mol. The molecule has 2 rings (SSSR count). The zero-order valence-electron chi connectivity index (χ0n) is 11.8. The molecule has 0 bridgehead atoms. The van der Waals surface area contributed by atoms with E-state index in [0.717, 1.165) is 24.9 Å². The fraction of sp³-hybridized carbons (Fsp3) is 0.688. The summed E-state index contributed by atoms with van der Waals surface area (Å²) in [7, 11) is 0. The lowest BCUT2D eigenvalue weighted by atomic mass is 9.81. The second kappa shape index (κ2) is 6.89. The predicted molar refractivity (Wildman–Crippen MR) is 76.4 cm³/mol. The SMILES string of the molecule is Cc1ccncc1CNCCC1CCC(C)CC1. The van der Waals surface area contributed by atoms with E-state index in [-0.39, 0.29) is 0 Å². The predicted octanol–water partition coefficient (Wildman–Crippen LogP) is 3.70. The lowest BCUT2D eigenvalue weighted by Gasteiger charge is -2.26. The summed E-state index contributed by atoms with van der Waals surface area (Å²) in [5.41, 5.74) is 2.67. The molecule has 1 fully saturated rings. The molecule has 0 amide bonds. The molecule has 18 heavy (non-hydrogen) atoms. The number of nitrogens with one attached hydrogen (secondary N) is 1. The van der Waals surface area contributed by atoms with Gasteiger partial charge in [-0.3, -0.25) is 4.98 Å². The van der Waals surface area contributed by atoms with Gasteiger partial charge in [-0.15, -0.1) is 0 Å². The summed E-state index contributed by atoms with van der Waals surface area (Å²) in [5.74, 6) is 1.93. The van der Waals surface area contributed by atoms with Gasteiger partial charge in [-0.25, -0.2) is 0 Å². The normalized spacial score (nSPS) is 24.1. The van der Waals surface area contributed by atoms with E-state index in [9.17, 15) is 0 Å². The highest BCUT2D eigenvalue weighted by molar-refractivity contribution is 5.20. The molecule has 2 nitrogen and oxygen atoms in total. The second-order valence-electron chi connectivity index (χ2n) is 5.89. The number of hydrogen-bond donors (Lipinski definition) is 1. The van der Waals surface area contributed by atoms with Gasteiger partial charge < -0.3 is 5.32 Å². The average molecular weight is 246 g/mol. The van der Waals surface area contributed by atoms with Gasteiger partial charge in [0.05, 0.1) is 0 Å². The highest BCUT2D eigenvalue weighted by Crippen LogP contribution is 2.29. The summed E-state index contributed by atoms with van der Waals surface area (Å²) < 4.78 is 0. The first-order valence-electron chi connectivity index (χ1n) is 7.36. The number of pyridine rings is 1. The molecule has 1 aliphatic carbocycles. The Labute approximate surface area is 111 Å². The summed E-state index contributed by atoms with van der Waals surface area (Å²) in [4.78, 5) is 4.18. The number of aryl methyl sites for hydroxylation is 1. The minimum Gasteiger partial charge on any atom is -0.313 e. The van der Waals surface area contributed by atoms with Gasteiger partial charge in [0.25, 0.3) is 0 Å². The van der Waals surface area contributed by atoms with Crippen molar-refractivity contribution >= 4 is 0 Å². The van der Waals surface area contributed by atoms with E-state index in [4.69, 9.17) is 0 Å². The van der Waals surface area contributed by atoms with Crippen molar-refractivity contribution in [2.45, 2.75) is 52.5 Å². The van der Waals surface area contributed by atoms with E-state index in [2.05, 4.69) is 30.2 Å². The molecule has 1 N–H and O–H groups in total. The van der Waals surface area contributed by atoms with E-state index in [1.54, 1.807) is 0 Å². The van der Waals surface area contributed by atoms with Crippen LogP contribution >= 0.6 is 0 Å². The molecule has 0 radical (unpaired) electrons. The van der Waals surface area contributed by atoms with E-state index in [1.165, 1.54) is 43.2 Å². The van der Waals surface area contributed by atoms with Crippen LogP contribution in [0.5, 0.6) is 0 Å². The third-order valence-electron chi connectivity index (χ3n) is 4.33. The Balaban J connectivity index is 1.63. The van der Waals surface area contributed by atoms with Crippen molar-refractivity contribution in [3.63, 3.8) is 0 Å². The summed E-state index contributed by atoms with van der Waals surface area (Å²) in [6.45, 7) is 6.65. The maximum atomic E-state index is 4.18. The van der Waals surface area contributed by atoms with Crippen LogP contribution in [0.1, 0.15) is 50.2 Å². The van der Waals surface area contributed by atoms with Crippen LogP contribution in [0.3, 0.4) is 0 Å². The second-order valence-corrected chi connectivity index (χ2v) is 5.89. The van der Waals surface area contributed by atoms with E-state index in [1.807, 2.05) is 12.4 Å². The summed E-state index contributed by atoms with van der Waals surface area (Å²) in [6.07, 6.45) is 10.9. The van der Waals surface area contributed by atoms with Crippen LogP contribution < -0.4 is 5.32 Å². The van der Waals surface area contributed by atoms with Crippen LogP contribution in [0.2, 0.25) is 0 Å². The third-order valence-corrected chi connectivity index (χ3v) is 4.33. The number of aromatic nitrogens is 1. The molecule has 0 atom stereocenters. The summed E-state index contributed by atoms with van der Waals surface area (Å²) >= 11 is 0. The van der Waals surface area contributed by atoms with Gasteiger partial charge in [0.15, 0.2) is 0 Å². The molecule has 1 aromatic heterocycles. The Bertz CT molecular complexity index is 354. The minimum atomic E-state index is 0.961.